The largest absolute Gasteiger partial charge is 0.494 e. The number of carboxylic acid groups (broad SMARTS) is 1. The maximum absolute atomic E-state index is 13.8. The van der Waals surface area contributed by atoms with E-state index < -0.39 is 16.0 Å². The number of carbonyl (C=O) groups excluding carboxylic acids is 1. The molecule has 1 saturated heterocycles. The molecular formula is C26H31N3O6S. The predicted molar refractivity (Wildman–Crippen MR) is 135 cm³/mol. The fourth-order valence-electron chi connectivity index (χ4n) is 4.81. The van der Waals surface area contributed by atoms with Gasteiger partial charge in [0, 0.05) is 24.9 Å². The Labute approximate surface area is 210 Å². The monoisotopic (exact) mass is 513 g/mol. The average molecular weight is 514 g/mol. The minimum Gasteiger partial charge on any atom is -0.494 e. The molecule has 192 valence electrons. The number of benzene rings is 2. The molecule has 1 aliphatic rings. The summed E-state index contributed by atoms with van der Waals surface area (Å²) in [7, 11) is -3.86. The number of aliphatic carboxylic acids is 1. The second-order valence-corrected chi connectivity index (χ2v) is 11.2. The molecule has 0 aliphatic carbocycles. The number of aryl methyl sites for hydroxylation is 1. The van der Waals surface area contributed by atoms with Gasteiger partial charge in [-0.25, -0.2) is 8.42 Å². The van der Waals surface area contributed by atoms with E-state index >= 15 is 0 Å². The lowest BCUT2D eigenvalue weighted by Crippen LogP contribution is -2.30. The number of fused-ring (bicyclic) bond motifs is 1. The van der Waals surface area contributed by atoms with E-state index in [1.165, 1.54) is 11.2 Å². The van der Waals surface area contributed by atoms with Crippen molar-refractivity contribution in [2.24, 2.45) is 5.92 Å². The highest BCUT2D eigenvalue weighted by Crippen LogP contribution is 2.36. The number of nitrogens with zero attached hydrogens (tertiary/aromatic N) is 3. The number of Topliss-reactive ketones (excluding diaryl/α,β-unsaturated/α-hetero) is 1. The molecule has 1 N–H and O–H groups in total. The van der Waals surface area contributed by atoms with Gasteiger partial charge in [0.1, 0.15) is 11.5 Å². The Morgan fingerprint density at radius 1 is 1.17 bits per heavy atom. The second-order valence-electron chi connectivity index (χ2n) is 9.25. The van der Waals surface area contributed by atoms with Gasteiger partial charge < -0.3 is 14.6 Å². The highest BCUT2D eigenvalue weighted by atomic mass is 32.2. The van der Waals surface area contributed by atoms with Crippen LogP contribution in [0.5, 0.6) is 5.75 Å². The molecule has 0 radical (unpaired) electrons. The Morgan fingerprint density at radius 2 is 1.92 bits per heavy atom. The molecule has 0 saturated carbocycles. The van der Waals surface area contributed by atoms with Crippen molar-refractivity contribution in [3.63, 3.8) is 0 Å². The Morgan fingerprint density at radius 3 is 2.61 bits per heavy atom. The molecule has 0 bridgehead atoms. The molecule has 0 amide bonds. The van der Waals surface area contributed by atoms with Crippen molar-refractivity contribution >= 4 is 32.7 Å². The lowest BCUT2D eigenvalue weighted by Gasteiger charge is -2.20. The summed E-state index contributed by atoms with van der Waals surface area (Å²) < 4.78 is 36.4. The van der Waals surface area contributed by atoms with Crippen molar-refractivity contribution in [2.45, 2.75) is 51.0 Å². The first-order valence-corrected chi connectivity index (χ1v) is 13.5. The van der Waals surface area contributed by atoms with Gasteiger partial charge in [0.05, 0.1) is 35.2 Å². The second kappa shape index (κ2) is 10.4. The van der Waals surface area contributed by atoms with Crippen LogP contribution >= 0.6 is 0 Å². The van der Waals surface area contributed by atoms with Gasteiger partial charge in [-0.15, -0.1) is 0 Å². The average Bonchev–Trinajstić information content (AvgIpc) is 3.38. The third-order valence-electron chi connectivity index (χ3n) is 6.57. The maximum Gasteiger partial charge on any atom is 0.309 e. The summed E-state index contributed by atoms with van der Waals surface area (Å²) in [6, 6.07) is 12.1. The van der Waals surface area contributed by atoms with E-state index in [1.807, 2.05) is 38.1 Å². The first-order chi connectivity index (χ1) is 17.1. The summed E-state index contributed by atoms with van der Waals surface area (Å²) in [6.07, 6.45) is 0.338. The Hall–Kier alpha value is -3.24. The third kappa shape index (κ3) is 5.15. The van der Waals surface area contributed by atoms with E-state index in [9.17, 15) is 23.1 Å². The number of rotatable bonds is 10. The molecule has 4 rings (SSSR count). The molecule has 9 nitrogen and oxygen atoms in total. The number of aromatic nitrogens is 2. The number of hydrogen-bond donors (Lipinski definition) is 1. The fourth-order valence-corrected chi connectivity index (χ4v) is 6.60. The van der Waals surface area contributed by atoms with Crippen molar-refractivity contribution in [1.29, 1.82) is 0 Å². The molecule has 10 heteroatoms. The molecule has 0 spiro atoms. The van der Waals surface area contributed by atoms with Crippen LogP contribution in [0.2, 0.25) is 0 Å². The van der Waals surface area contributed by atoms with Gasteiger partial charge in [-0.2, -0.15) is 9.40 Å². The molecule has 2 atom stereocenters. The van der Waals surface area contributed by atoms with Crippen molar-refractivity contribution in [2.75, 3.05) is 19.7 Å². The van der Waals surface area contributed by atoms with Crippen LogP contribution < -0.4 is 4.74 Å². The third-order valence-corrected chi connectivity index (χ3v) is 8.50. The maximum atomic E-state index is 13.8. The predicted octanol–water partition coefficient (Wildman–Crippen LogP) is 3.47. The Balaban J connectivity index is 1.68. The van der Waals surface area contributed by atoms with Crippen molar-refractivity contribution in [1.82, 2.24) is 14.1 Å². The first kappa shape index (κ1) is 25.8. The van der Waals surface area contributed by atoms with Crippen molar-refractivity contribution in [3.05, 3.63) is 53.7 Å². The summed E-state index contributed by atoms with van der Waals surface area (Å²) in [5.41, 5.74) is 1.80. The van der Waals surface area contributed by atoms with Gasteiger partial charge in [-0.3, -0.25) is 9.48 Å². The smallest absolute Gasteiger partial charge is 0.309 e. The molecule has 0 unspecified atom stereocenters. The lowest BCUT2D eigenvalue weighted by molar-refractivity contribution is -0.136. The fraction of sp³-hybridized carbons (Fsp3) is 0.423. The van der Waals surface area contributed by atoms with Crippen LogP contribution in [0.15, 0.2) is 47.4 Å². The van der Waals surface area contributed by atoms with Gasteiger partial charge in [0.15, 0.2) is 0 Å². The van der Waals surface area contributed by atoms with E-state index in [0.717, 1.165) is 10.9 Å². The summed E-state index contributed by atoms with van der Waals surface area (Å²) >= 11 is 0. The van der Waals surface area contributed by atoms with Crippen molar-refractivity contribution < 1.29 is 27.9 Å². The number of ketones is 1. The van der Waals surface area contributed by atoms with Crippen LogP contribution in [-0.2, 0) is 32.5 Å². The summed E-state index contributed by atoms with van der Waals surface area (Å²) in [5.74, 6) is -0.471. The number of carbonyl (C=O) groups is 2. The highest BCUT2D eigenvalue weighted by molar-refractivity contribution is 7.89. The zero-order chi connectivity index (χ0) is 26.0. The van der Waals surface area contributed by atoms with Gasteiger partial charge >= 0.3 is 5.97 Å². The molecule has 2 aromatic carbocycles. The normalized spacial score (nSPS) is 18.5. The van der Waals surface area contributed by atoms with Crippen LogP contribution in [0.3, 0.4) is 0 Å². The van der Waals surface area contributed by atoms with Crippen LogP contribution in [0.4, 0.5) is 0 Å². The van der Waals surface area contributed by atoms with E-state index in [4.69, 9.17) is 4.74 Å². The van der Waals surface area contributed by atoms with Gasteiger partial charge in [0.25, 0.3) is 0 Å². The summed E-state index contributed by atoms with van der Waals surface area (Å²) in [5, 5.41) is 14.7. The number of carboxylic acids is 1. The van der Waals surface area contributed by atoms with Gasteiger partial charge in [0.2, 0.25) is 10.0 Å². The topological polar surface area (TPSA) is 119 Å². The molecule has 1 aliphatic heterocycles. The quantitative estimate of drug-likeness (QED) is 0.441. The van der Waals surface area contributed by atoms with Crippen molar-refractivity contribution in [3.8, 4) is 5.75 Å². The van der Waals surface area contributed by atoms with Crippen LogP contribution in [0.25, 0.3) is 10.9 Å². The minimum atomic E-state index is -3.86. The van der Waals surface area contributed by atoms with Crippen LogP contribution in [0.1, 0.15) is 44.5 Å². The van der Waals surface area contributed by atoms with Gasteiger partial charge in [-0.1, -0.05) is 25.1 Å². The molecule has 1 fully saturated rings. The standard InChI is InChI=1S/C26H31N3O6S/c1-4-35-20-11-12-25(19(13-20)10-9-18(3)30)36(33,34)28-15-17(2)24(16-28)29-23-8-6-5-7-21(23)22(27-29)14-26(31)32/h5-8,11-13,17,24H,4,9-10,14-16H2,1-3H3,(H,31,32)/t17-,24+/m1/s1. The Kier molecular flexibility index (Phi) is 7.46. The summed E-state index contributed by atoms with van der Waals surface area (Å²) in [6.45, 7) is 6.27. The molecule has 3 aromatic rings. The van der Waals surface area contributed by atoms with E-state index in [2.05, 4.69) is 5.10 Å². The van der Waals surface area contributed by atoms with E-state index in [0.29, 0.717) is 36.6 Å². The van der Waals surface area contributed by atoms with Gasteiger partial charge in [-0.05, 0) is 56.0 Å². The lowest BCUT2D eigenvalue weighted by atomic mass is 10.1. The zero-order valence-electron chi connectivity index (χ0n) is 20.7. The molecular weight excluding hydrogens is 482 g/mol. The number of hydrogen-bond acceptors (Lipinski definition) is 6. The van der Waals surface area contributed by atoms with Crippen LogP contribution in [0, 0.1) is 5.92 Å². The first-order valence-electron chi connectivity index (χ1n) is 12.0. The molecule has 36 heavy (non-hydrogen) atoms. The Bertz CT molecular complexity index is 1400. The molecule has 1 aromatic heterocycles. The highest BCUT2D eigenvalue weighted by Gasteiger charge is 2.40. The SMILES string of the molecule is CCOc1ccc(S(=O)(=O)N2C[C@@H](C)[C@@H](n3nc(CC(=O)O)c4ccccc43)C2)c(CCC(C)=O)c1. The number of para-hydroxylation sites is 1. The van der Waals surface area contributed by atoms with Crippen LogP contribution in [-0.4, -0.2) is 59.1 Å². The zero-order valence-corrected chi connectivity index (χ0v) is 21.5. The summed E-state index contributed by atoms with van der Waals surface area (Å²) in [4.78, 5) is 23.2. The number of ether oxygens (including phenoxy) is 1. The number of sulfonamides is 1. The molecule has 2 heterocycles. The van der Waals surface area contributed by atoms with E-state index in [-0.39, 0.29) is 42.0 Å². The minimum absolute atomic E-state index is 0.0160. The van der Waals surface area contributed by atoms with E-state index in [1.54, 1.807) is 22.9 Å².